The van der Waals surface area contributed by atoms with Gasteiger partial charge in [-0.25, -0.2) is 0 Å². The largest absolute Gasteiger partial charge is 0.497 e. The normalized spacial score (nSPS) is 30.5. The second kappa shape index (κ2) is 4.06. The highest BCUT2D eigenvalue weighted by atomic mass is 16.5. The average molecular weight is 212 g/mol. The number of hydrogen-bond donors (Lipinski definition) is 2. The Bertz CT molecular complexity index is 329. The van der Waals surface area contributed by atoms with Crippen LogP contribution in [0.25, 0.3) is 0 Å². The molecule has 0 aromatic carbocycles. The number of carboxylic acids is 1. The molecule has 2 unspecified atom stereocenters. The molecule has 0 radical (unpaired) electrons. The van der Waals surface area contributed by atoms with Crippen molar-refractivity contribution < 1.29 is 19.7 Å². The summed E-state index contributed by atoms with van der Waals surface area (Å²) in [4.78, 5) is 10.6. The van der Waals surface area contributed by atoms with Gasteiger partial charge in [0.15, 0.2) is 0 Å². The van der Waals surface area contributed by atoms with E-state index in [0.29, 0.717) is 5.76 Å². The molecule has 1 aliphatic carbocycles. The molecule has 0 bridgehead atoms. The van der Waals surface area contributed by atoms with Crippen molar-refractivity contribution in [3.8, 4) is 0 Å². The zero-order chi connectivity index (χ0) is 11.6. The Morgan fingerprint density at radius 3 is 2.73 bits per heavy atom. The molecule has 0 saturated heterocycles. The zero-order valence-electron chi connectivity index (χ0n) is 9.15. The molecule has 2 atom stereocenters. The lowest BCUT2D eigenvalue weighted by atomic mass is 9.77. The van der Waals surface area contributed by atoms with Crippen LogP contribution in [0.2, 0.25) is 0 Å². The smallest absolute Gasteiger partial charge is 0.306 e. The lowest BCUT2D eigenvalue weighted by Gasteiger charge is -2.34. The third-order valence-electron chi connectivity index (χ3n) is 2.97. The van der Waals surface area contributed by atoms with Crippen LogP contribution < -0.4 is 0 Å². The molecule has 0 aromatic rings. The first-order valence-electron chi connectivity index (χ1n) is 4.79. The Labute approximate surface area is 88.9 Å². The summed E-state index contributed by atoms with van der Waals surface area (Å²) in [5, 5.41) is 18.9. The number of aliphatic carboxylic acids is 1. The quantitative estimate of drug-likeness (QED) is 0.740. The van der Waals surface area contributed by atoms with Crippen molar-refractivity contribution in [2.75, 3.05) is 7.11 Å². The Balaban J connectivity index is 2.97. The molecule has 84 valence electrons. The number of carboxylic acid groups (broad SMARTS) is 1. The van der Waals surface area contributed by atoms with Gasteiger partial charge in [-0.05, 0) is 24.6 Å². The lowest BCUT2D eigenvalue weighted by Crippen LogP contribution is -2.39. The SMILES string of the molecule is COC1=C(C)C(C)C(O)(CC(=O)O)C=C1. The van der Waals surface area contributed by atoms with Gasteiger partial charge >= 0.3 is 5.97 Å². The molecule has 0 saturated carbocycles. The molecule has 1 aliphatic rings. The first-order valence-corrected chi connectivity index (χ1v) is 4.79. The van der Waals surface area contributed by atoms with E-state index in [-0.39, 0.29) is 12.3 Å². The summed E-state index contributed by atoms with van der Waals surface area (Å²) in [7, 11) is 1.55. The molecule has 15 heavy (non-hydrogen) atoms. The Hall–Kier alpha value is -1.29. The molecule has 2 N–H and O–H groups in total. The fourth-order valence-corrected chi connectivity index (χ4v) is 1.77. The van der Waals surface area contributed by atoms with Crippen molar-refractivity contribution in [3.05, 3.63) is 23.5 Å². The highest BCUT2D eigenvalue weighted by Gasteiger charge is 2.37. The third kappa shape index (κ3) is 2.21. The van der Waals surface area contributed by atoms with Crippen LogP contribution in [-0.4, -0.2) is 28.9 Å². The van der Waals surface area contributed by atoms with Crippen molar-refractivity contribution in [1.29, 1.82) is 0 Å². The first kappa shape index (κ1) is 11.8. The van der Waals surface area contributed by atoms with Crippen molar-refractivity contribution in [3.63, 3.8) is 0 Å². The van der Waals surface area contributed by atoms with E-state index in [9.17, 15) is 9.90 Å². The van der Waals surface area contributed by atoms with Crippen LogP contribution in [0.4, 0.5) is 0 Å². The monoisotopic (exact) mass is 212 g/mol. The highest BCUT2D eigenvalue weighted by molar-refractivity contribution is 5.69. The van der Waals surface area contributed by atoms with Gasteiger partial charge in [0, 0.05) is 5.92 Å². The van der Waals surface area contributed by atoms with Gasteiger partial charge in [0.2, 0.25) is 0 Å². The maximum absolute atomic E-state index is 10.6. The van der Waals surface area contributed by atoms with E-state index in [1.54, 1.807) is 20.1 Å². The number of hydrogen-bond acceptors (Lipinski definition) is 3. The van der Waals surface area contributed by atoms with Gasteiger partial charge in [0.25, 0.3) is 0 Å². The van der Waals surface area contributed by atoms with Crippen LogP contribution in [0.15, 0.2) is 23.5 Å². The third-order valence-corrected chi connectivity index (χ3v) is 2.97. The van der Waals surface area contributed by atoms with Gasteiger partial charge in [0.1, 0.15) is 5.76 Å². The molecule has 0 aliphatic heterocycles. The summed E-state index contributed by atoms with van der Waals surface area (Å²) in [6.45, 7) is 3.63. The van der Waals surface area contributed by atoms with Gasteiger partial charge < -0.3 is 14.9 Å². The molecule has 0 amide bonds. The van der Waals surface area contributed by atoms with Gasteiger partial charge in [-0.2, -0.15) is 0 Å². The van der Waals surface area contributed by atoms with Crippen LogP contribution in [0.5, 0.6) is 0 Å². The molecular formula is C11H16O4. The van der Waals surface area contributed by atoms with Crippen LogP contribution in [-0.2, 0) is 9.53 Å². The fraction of sp³-hybridized carbons (Fsp3) is 0.545. The van der Waals surface area contributed by atoms with Gasteiger partial charge in [-0.1, -0.05) is 6.92 Å². The number of ether oxygens (including phenoxy) is 1. The highest BCUT2D eigenvalue weighted by Crippen LogP contribution is 2.35. The Kier molecular flexibility index (Phi) is 3.19. The minimum absolute atomic E-state index is 0.256. The Morgan fingerprint density at radius 1 is 1.67 bits per heavy atom. The van der Waals surface area contributed by atoms with Gasteiger partial charge in [0.05, 0.1) is 19.1 Å². The number of methoxy groups -OCH3 is 1. The van der Waals surface area contributed by atoms with Crippen LogP contribution in [0.1, 0.15) is 20.3 Å². The lowest BCUT2D eigenvalue weighted by molar-refractivity contribution is -0.142. The molecule has 0 spiro atoms. The first-order chi connectivity index (χ1) is 6.90. The standard InChI is InChI=1S/C11H16O4/c1-7-8(2)11(14,6-10(12)13)5-4-9(7)15-3/h4-5,8,14H,6H2,1-3H3,(H,12,13). The van der Waals surface area contributed by atoms with Crippen LogP contribution in [0, 0.1) is 5.92 Å². The maximum Gasteiger partial charge on any atom is 0.306 e. The second-order valence-corrected chi connectivity index (χ2v) is 3.87. The van der Waals surface area contributed by atoms with Gasteiger partial charge in [-0.3, -0.25) is 4.79 Å². The Morgan fingerprint density at radius 2 is 2.27 bits per heavy atom. The number of carbonyl (C=O) groups is 1. The molecule has 4 nitrogen and oxygen atoms in total. The van der Waals surface area contributed by atoms with E-state index >= 15 is 0 Å². The molecule has 4 heteroatoms. The minimum atomic E-state index is -1.31. The van der Waals surface area contributed by atoms with E-state index in [0.717, 1.165) is 5.57 Å². The van der Waals surface area contributed by atoms with E-state index < -0.39 is 11.6 Å². The van der Waals surface area contributed by atoms with Crippen molar-refractivity contribution in [2.24, 2.45) is 5.92 Å². The summed E-state index contributed by atoms with van der Waals surface area (Å²) in [5.41, 5.74) is -0.443. The van der Waals surface area contributed by atoms with E-state index in [2.05, 4.69) is 0 Å². The fourth-order valence-electron chi connectivity index (χ4n) is 1.77. The summed E-state index contributed by atoms with van der Waals surface area (Å²) in [6.07, 6.45) is 2.83. The zero-order valence-corrected chi connectivity index (χ0v) is 9.15. The number of aliphatic hydroxyl groups is 1. The topological polar surface area (TPSA) is 66.8 Å². The molecular weight excluding hydrogens is 196 g/mol. The molecule has 0 fully saturated rings. The summed E-state index contributed by atoms with van der Waals surface area (Å²) in [6, 6.07) is 0. The molecule has 0 aromatic heterocycles. The summed E-state index contributed by atoms with van der Waals surface area (Å²) in [5.74, 6) is -0.575. The molecule has 1 rings (SSSR count). The average Bonchev–Trinajstić information content (AvgIpc) is 2.14. The van der Waals surface area contributed by atoms with Crippen molar-refractivity contribution >= 4 is 5.97 Å². The van der Waals surface area contributed by atoms with Gasteiger partial charge in [-0.15, -0.1) is 0 Å². The number of rotatable bonds is 3. The maximum atomic E-state index is 10.6. The van der Waals surface area contributed by atoms with Crippen LogP contribution >= 0.6 is 0 Å². The number of allylic oxidation sites excluding steroid dienone is 1. The van der Waals surface area contributed by atoms with Crippen molar-refractivity contribution in [1.82, 2.24) is 0 Å². The van der Waals surface area contributed by atoms with Crippen molar-refractivity contribution in [2.45, 2.75) is 25.9 Å². The second-order valence-electron chi connectivity index (χ2n) is 3.87. The summed E-state index contributed by atoms with van der Waals surface area (Å²) >= 11 is 0. The predicted octanol–water partition coefficient (Wildman–Crippen LogP) is 1.32. The molecule has 0 heterocycles. The predicted molar refractivity (Wildman–Crippen MR) is 55.2 cm³/mol. The van der Waals surface area contributed by atoms with E-state index in [1.807, 2.05) is 6.92 Å². The minimum Gasteiger partial charge on any atom is -0.497 e. The van der Waals surface area contributed by atoms with E-state index in [4.69, 9.17) is 9.84 Å². The summed E-state index contributed by atoms with van der Waals surface area (Å²) < 4.78 is 5.11. The van der Waals surface area contributed by atoms with E-state index in [1.165, 1.54) is 6.08 Å². The van der Waals surface area contributed by atoms with Crippen LogP contribution in [0.3, 0.4) is 0 Å².